The smallest absolute Gasteiger partial charge is 0.266 e. The molecule has 0 aromatic heterocycles. The van der Waals surface area contributed by atoms with Gasteiger partial charge in [-0.2, -0.15) is 5.26 Å². The molecule has 1 unspecified atom stereocenters. The highest BCUT2D eigenvalue weighted by Gasteiger charge is 2.33. The Bertz CT molecular complexity index is 1000. The molecule has 0 aliphatic carbocycles. The van der Waals surface area contributed by atoms with Crippen molar-refractivity contribution in [2.24, 2.45) is 0 Å². The van der Waals surface area contributed by atoms with Crippen LogP contribution in [0.25, 0.3) is 6.08 Å². The Balaban J connectivity index is 1.81. The molecule has 2 aromatic rings. The van der Waals surface area contributed by atoms with E-state index in [9.17, 15) is 10.1 Å². The van der Waals surface area contributed by atoms with Crippen LogP contribution in [0.2, 0.25) is 0 Å². The molecule has 5 nitrogen and oxygen atoms in total. The summed E-state index contributed by atoms with van der Waals surface area (Å²) in [5.74, 6) is 0.719. The van der Waals surface area contributed by atoms with Crippen molar-refractivity contribution in [1.82, 2.24) is 0 Å². The van der Waals surface area contributed by atoms with Crippen LogP contribution in [0.4, 0.5) is 11.4 Å². The lowest BCUT2D eigenvalue weighted by Crippen LogP contribution is -2.45. The number of fused-ring (bicyclic) bond motifs is 1. The van der Waals surface area contributed by atoms with Crippen molar-refractivity contribution in [3.05, 3.63) is 59.2 Å². The quantitative estimate of drug-likeness (QED) is 0.540. The number of nitrogens with zero attached hydrogens (tertiary/aromatic N) is 2. The van der Waals surface area contributed by atoms with Gasteiger partial charge in [0.15, 0.2) is 0 Å². The van der Waals surface area contributed by atoms with E-state index in [1.165, 1.54) is 11.3 Å². The van der Waals surface area contributed by atoms with E-state index >= 15 is 0 Å². The number of nitrogens with one attached hydrogen (secondary N) is 1. The highest BCUT2D eigenvalue weighted by Crippen LogP contribution is 2.42. The second-order valence-corrected chi connectivity index (χ2v) is 8.38. The number of ether oxygens (including phenoxy) is 1. The lowest BCUT2D eigenvalue weighted by molar-refractivity contribution is -0.112. The fraction of sp³-hybridized carbons (Fsp3) is 0.360. The third-order valence-electron chi connectivity index (χ3n) is 5.76. The number of carbonyl (C=O) groups excluding carboxylic acids is 1. The van der Waals surface area contributed by atoms with E-state index in [2.05, 4.69) is 50.2 Å². The Morgan fingerprint density at radius 3 is 2.63 bits per heavy atom. The predicted octanol–water partition coefficient (Wildman–Crippen LogP) is 5.35. The number of hydrogen-bond donors (Lipinski definition) is 1. The van der Waals surface area contributed by atoms with E-state index in [0.29, 0.717) is 18.2 Å². The molecule has 0 radical (unpaired) electrons. The Hall–Kier alpha value is -3.26. The molecular formula is C25H29N3O2. The molecular weight excluding hydrogens is 374 g/mol. The monoisotopic (exact) mass is 403 g/mol. The van der Waals surface area contributed by atoms with Crippen molar-refractivity contribution in [3.8, 4) is 11.8 Å². The summed E-state index contributed by atoms with van der Waals surface area (Å²) in [6, 6.07) is 15.3. The number of hydrogen-bond acceptors (Lipinski definition) is 4. The lowest BCUT2D eigenvalue weighted by Gasteiger charge is -2.45. The molecule has 0 saturated carbocycles. The fourth-order valence-corrected chi connectivity index (χ4v) is 4.00. The van der Waals surface area contributed by atoms with Crippen molar-refractivity contribution in [1.29, 1.82) is 5.26 Å². The molecule has 30 heavy (non-hydrogen) atoms. The van der Waals surface area contributed by atoms with Gasteiger partial charge in [0.2, 0.25) is 0 Å². The zero-order valence-electron chi connectivity index (χ0n) is 18.3. The van der Waals surface area contributed by atoms with Crippen LogP contribution in [0.5, 0.6) is 5.75 Å². The molecule has 1 aliphatic heterocycles. The minimum Gasteiger partial charge on any atom is -0.494 e. The van der Waals surface area contributed by atoms with Crippen LogP contribution in [0.15, 0.2) is 48.0 Å². The first kappa shape index (κ1) is 21.4. The summed E-state index contributed by atoms with van der Waals surface area (Å²) in [5.41, 5.74) is 4.09. The summed E-state index contributed by atoms with van der Waals surface area (Å²) in [6.45, 7) is 9.23. The molecule has 5 heteroatoms. The van der Waals surface area contributed by atoms with Gasteiger partial charge < -0.3 is 15.0 Å². The van der Waals surface area contributed by atoms with Gasteiger partial charge in [0.1, 0.15) is 17.4 Å². The molecule has 0 bridgehead atoms. The predicted molar refractivity (Wildman–Crippen MR) is 122 cm³/mol. The van der Waals surface area contributed by atoms with E-state index in [4.69, 9.17) is 4.74 Å². The van der Waals surface area contributed by atoms with Crippen molar-refractivity contribution in [3.63, 3.8) is 0 Å². The molecule has 1 amide bonds. The van der Waals surface area contributed by atoms with Gasteiger partial charge in [-0.15, -0.1) is 0 Å². The highest BCUT2D eigenvalue weighted by molar-refractivity contribution is 6.09. The molecule has 1 atom stereocenters. The van der Waals surface area contributed by atoms with Gasteiger partial charge >= 0.3 is 0 Å². The first-order valence-corrected chi connectivity index (χ1v) is 10.3. The molecule has 0 saturated heterocycles. The largest absolute Gasteiger partial charge is 0.494 e. The third-order valence-corrected chi connectivity index (χ3v) is 5.76. The number of anilines is 2. The molecule has 0 fully saturated rings. The minimum absolute atomic E-state index is 0.0704. The molecule has 1 aliphatic rings. The lowest BCUT2D eigenvalue weighted by atomic mass is 9.80. The van der Waals surface area contributed by atoms with Crippen molar-refractivity contribution >= 4 is 23.4 Å². The van der Waals surface area contributed by atoms with Crippen LogP contribution in [0, 0.1) is 11.3 Å². The highest BCUT2D eigenvalue weighted by atomic mass is 16.5. The normalized spacial score (nSPS) is 17.7. The van der Waals surface area contributed by atoms with Crippen molar-refractivity contribution < 1.29 is 9.53 Å². The summed E-state index contributed by atoms with van der Waals surface area (Å²) in [6.07, 6.45) is 2.70. The number of rotatable bonds is 5. The number of amides is 1. The van der Waals surface area contributed by atoms with Gasteiger partial charge in [0.25, 0.3) is 5.91 Å². The van der Waals surface area contributed by atoms with Crippen LogP contribution in [-0.4, -0.2) is 25.1 Å². The average Bonchev–Trinajstić information content (AvgIpc) is 2.71. The van der Waals surface area contributed by atoms with Crippen LogP contribution < -0.4 is 15.0 Å². The average molecular weight is 404 g/mol. The zero-order valence-corrected chi connectivity index (χ0v) is 18.3. The summed E-state index contributed by atoms with van der Waals surface area (Å²) in [4.78, 5) is 14.9. The number of benzene rings is 2. The minimum atomic E-state index is -0.425. The number of nitriles is 1. The maximum absolute atomic E-state index is 12.6. The van der Waals surface area contributed by atoms with Gasteiger partial charge in [0.05, 0.1) is 6.61 Å². The summed E-state index contributed by atoms with van der Waals surface area (Å²) < 4.78 is 5.41. The second-order valence-electron chi connectivity index (χ2n) is 8.38. The topological polar surface area (TPSA) is 65.4 Å². The van der Waals surface area contributed by atoms with Crippen molar-refractivity contribution in [2.75, 3.05) is 23.9 Å². The summed E-state index contributed by atoms with van der Waals surface area (Å²) in [5, 5.41) is 12.3. The summed E-state index contributed by atoms with van der Waals surface area (Å²) in [7, 11) is 2.12. The van der Waals surface area contributed by atoms with E-state index in [1.807, 2.05) is 19.1 Å². The van der Waals surface area contributed by atoms with Crippen LogP contribution >= 0.6 is 0 Å². The second kappa shape index (κ2) is 8.62. The molecule has 1 heterocycles. The Kier molecular flexibility index (Phi) is 6.17. The fourth-order valence-electron chi connectivity index (χ4n) is 4.00. The van der Waals surface area contributed by atoms with Crippen LogP contribution in [0.3, 0.4) is 0 Å². The Morgan fingerprint density at radius 2 is 2.00 bits per heavy atom. The third kappa shape index (κ3) is 4.49. The molecule has 3 rings (SSSR count). The van der Waals surface area contributed by atoms with Gasteiger partial charge in [0, 0.05) is 24.0 Å². The summed E-state index contributed by atoms with van der Waals surface area (Å²) >= 11 is 0. The van der Waals surface area contributed by atoms with Gasteiger partial charge in [-0.25, -0.2) is 0 Å². The molecule has 1 N–H and O–H groups in total. The van der Waals surface area contributed by atoms with Crippen LogP contribution in [-0.2, 0) is 4.79 Å². The molecule has 0 spiro atoms. The SMILES string of the molecule is CCOc1ccc(NC(=O)/C(C#N)=C\c2ccc3c(c2)C(C)CC(C)(C)N3C)cc1. The van der Waals surface area contributed by atoms with Crippen LogP contribution in [0.1, 0.15) is 51.2 Å². The van der Waals surface area contributed by atoms with E-state index in [0.717, 1.165) is 17.7 Å². The van der Waals surface area contributed by atoms with E-state index < -0.39 is 5.91 Å². The van der Waals surface area contributed by atoms with E-state index in [-0.39, 0.29) is 11.1 Å². The standard InChI is InChI=1S/C25H29N3O2/c1-6-30-21-10-8-20(9-11-21)27-24(29)19(16-26)13-18-7-12-23-22(14-18)17(2)15-25(3,4)28(23)5/h7-14,17H,6,15H2,1-5H3,(H,27,29)/b19-13-. The van der Waals surface area contributed by atoms with Gasteiger partial charge in [-0.05, 0) is 86.7 Å². The van der Waals surface area contributed by atoms with Gasteiger partial charge in [-0.3, -0.25) is 4.79 Å². The Labute approximate surface area is 179 Å². The zero-order chi connectivity index (χ0) is 21.9. The molecule has 156 valence electrons. The first-order chi connectivity index (χ1) is 14.2. The van der Waals surface area contributed by atoms with E-state index in [1.54, 1.807) is 30.3 Å². The van der Waals surface area contributed by atoms with Crippen molar-refractivity contribution in [2.45, 2.75) is 45.6 Å². The maximum atomic E-state index is 12.6. The number of carbonyl (C=O) groups is 1. The first-order valence-electron chi connectivity index (χ1n) is 10.3. The van der Waals surface area contributed by atoms with Gasteiger partial charge in [-0.1, -0.05) is 13.0 Å². The molecule has 2 aromatic carbocycles. The maximum Gasteiger partial charge on any atom is 0.266 e. The Morgan fingerprint density at radius 1 is 1.30 bits per heavy atom.